The van der Waals surface area contributed by atoms with E-state index < -0.39 is 23.5 Å². The van der Waals surface area contributed by atoms with E-state index >= 15 is 0 Å². The van der Waals surface area contributed by atoms with Crippen LogP contribution in [-0.4, -0.2) is 58.9 Å². The van der Waals surface area contributed by atoms with Crippen molar-refractivity contribution in [1.29, 1.82) is 0 Å². The molecule has 0 aliphatic heterocycles. The lowest BCUT2D eigenvalue weighted by molar-refractivity contribution is -0.147. The predicted molar refractivity (Wildman–Crippen MR) is 119 cm³/mol. The fraction of sp³-hybridized carbons (Fsp3) is 0.833. The number of hydrogen-bond acceptors (Lipinski definition) is 7. The molecule has 2 unspecified atom stereocenters. The lowest BCUT2D eigenvalue weighted by Crippen LogP contribution is -2.39. The maximum atomic E-state index is 12.9. The summed E-state index contributed by atoms with van der Waals surface area (Å²) in [6, 6.07) is 0. The maximum absolute atomic E-state index is 12.9. The van der Waals surface area contributed by atoms with E-state index in [0.29, 0.717) is 26.1 Å². The van der Waals surface area contributed by atoms with Crippen molar-refractivity contribution in [3.05, 3.63) is 0 Å². The average molecular weight is 455 g/mol. The predicted octanol–water partition coefficient (Wildman–Crippen LogP) is 4.80. The number of esters is 1. The first-order valence-electron chi connectivity index (χ1n) is 9.91. The van der Waals surface area contributed by atoms with E-state index in [2.05, 4.69) is 6.92 Å². The molecule has 0 radical (unpaired) electrons. The summed E-state index contributed by atoms with van der Waals surface area (Å²) in [6.07, 6.45) is 1.69. The molecule has 0 aliphatic rings. The summed E-state index contributed by atoms with van der Waals surface area (Å²) in [5, 5.41) is 0.160. The van der Waals surface area contributed by atoms with Crippen LogP contribution < -0.4 is 0 Å². The number of hydrogen-bond donors (Lipinski definition) is 0. The van der Waals surface area contributed by atoms with Gasteiger partial charge in [0.2, 0.25) is 5.91 Å². The molecule has 0 rings (SSSR count). The van der Waals surface area contributed by atoms with Gasteiger partial charge in [-0.3, -0.25) is 18.9 Å². The molecule has 0 fully saturated rings. The van der Waals surface area contributed by atoms with Gasteiger partial charge in [-0.25, -0.2) is 4.79 Å². The van der Waals surface area contributed by atoms with Gasteiger partial charge in [0.15, 0.2) is 5.54 Å². The van der Waals surface area contributed by atoms with Gasteiger partial charge in [-0.15, -0.1) is 0 Å². The fourth-order valence-corrected chi connectivity index (χ4v) is 11.2. The van der Waals surface area contributed by atoms with Crippen LogP contribution in [0.15, 0.2) is 0 Å². The Morgan fingerprint density at radius 3 is 2.07 bits per heavy atom. The highest BCUT2D eigenvalue weighted by molar-refractivity contribution is 8.69. The molecule has 164 valence electrons. The highest BCUT2D eigenvalue weighted by Crippen LogP contribution is 2.66. The summed E-state index contributed by atoms with van der Waals surface area (Å²) in [5.41, 5.74) is -2.87. The molecule has 0 aromatic carbocycles. The molecule has 2 amide bonds. The summed E-state index contributed by atoms with van der Waals surface area (Å²) >= 11 is 7.48. The Kier molecular flexibility index (Phi) is 13.8. The van der Waals surface area contributed by atoms with E-state index in [4.69, 9.17) is 21.3 Å². The van der Waals surface area contributed by atoms with Gasteiger partial charge in [-0.05, 0) is 45.4 Å². The Balaban J connectivity index is 5.88. The van der Waals surface area contributed by atoms with Crippen molar-refractivity contribution in [2.75, 3.05) is 26.3 Å². The average Bonchev–Trinajstić information content (AvgIpc) is 2.61. The van der Waals surface area contributed by atoms with Gasteiger partial charge in [-0.2, -0.15) is 0 Å². The minimum atomic E-state index is -2.87. The van der Waals surface area contributed by atoms with Crippen LogP contribution in [0, 0.1) is 0 Å². The maximum Gasteiger partial charge on any atom is 0.415 e. The molecular formula is C18H35N2O5PS2. The Morgan fingerprint density at radius 1 is 1.00 bits per heavy atom. The summed E-state index contributed by atoms with van der Waals surface area (Å²) in [7, 11) is 0. The number of nitrogens with zero attached hydrogens (tertiary/aromatic N) is 2. The summed E-state index contributed by atoms with van der Waals surface area (Å²) < 4.78 is 13.2. The lowest BCUT2D eigenvalue weighted by Gasteiger charge is -2.41. The number of carbonyl (C=O) groups is 3. The Labute approximate surface area is 178 Å². The Morgan fingerprint density at radius 2 is 1.61 bits per heavy atom. The van der Waals surface area contributed by atoms with E-state index in [-0.39, 0.29) is 18.3 Å². The standard InChI is InChI=1S/C18H35N2O5PS2/c1-7-12-15(6)28-26(27,20(10-4)18(23)25-13-8-2)19(9-3)16(21)14-17(22)24-11-5/h15H,7-14H2,1-6H3. The van der Waals surface area contributed by atoms with E-state index in [1.165, 1.54) is 20.7 Å². The molecule has 2 atom stereocenters. The Hall–Kier alpha value is -0.790. The quantitative estimate of drug-likeness (QED) is 0.225. The van der Waals surface area contributed by atoms with Gasteiger partial charge in [0, 0.05) is 18.3 Å². The van der Waals surface area contributed by atoms with Crippen LogP contribution in [0.3, 0.4) is 0 Å². The molecule has 7 nitrogen and oxygen atoms in total. The van der Waals surface area contributed by atoms with E-state index in [0.717, 1.165) is 12.8 Å². The molecule has 0 bridgehead atoms. The molecule has 0 saturated carbocycles. The highest BCUT2D eigenvalue weighted by Gasteiger charge is 2.40. The van der Waals surface area contributed by atoms with E-state index in [9.17, 15) is 14.4 Å². The van der Waals surface area contributed by atoms with Gasteiger partial charge >= 0.3 is 12.1 Å². The number of amides is 2. The summed E-state index contributed by atoms with van der Waals surface area (Å²) in [6.45, 7) is 12.5. The molecule has 0 aliphatic carbocycles. The van der Waals surface area contributed by atoms with Crippen molar-refractivity contribution in [1.82, 2.24) is 9.34 Å². The van der Waals surface area contributed by atoms with Crippen LogP contribution in [0.25, 0.3) is 0 Å². The molecule has 0 aromatic rings. The smallest absolute Gasteiger partial charge is 0.415 e. The highest BCUT2D eigenvalue weighted by atomic mass is 32.9. The third-order valence-corrected chi connectivity index (χ3v) is 11.8. The lowest BCUT2D eigenvalue weighted by atomic mass is 10.3. The molecular weight excluding hydrogens is 419 g/mol. The first-order chi connectivity index (χ1) is 13.2. The third-order valence-electron chi connectivity index (χ3n) is 3.75. The van der Waals surface area contributed by atoms with Crippen molar-refractivity contribution in [2.24, 2.45) is 0 Å². The minimum Gasteiger partial charge on any atom is -0.466 e. The van der Waals surface area contributed by atoms with Crippen molar-refractivity contribution >= 4 is 46.7 Å². The SMILES string of the molecule is CCCOC(=O)N(CC)P(=S)(SC(C)CCC)N(CC)C(=O)CC(=O)OCC. The van der Waals surface area contributed by atoms with Gasteiger partial charge in [0.05, 0.1) is 13.2 Å². The van der Waals surface area contributed by atoms with Crippen LogP contribution in [0.5, 0.6) is 0 Å². The molecule has 28 heavy (non-hydrogen) atoms. The van der Waals surface area contributed by atoms with Crippen molar-refractivity contribution < 1.29 is 23.9 Å². The molecule has 0 N–H and O–H groups in total. The first-order valence-corrected chi connectivity index (χ1v) is 14.1. The number of ether oxygens (including phenoxy) is 2. The second-order valence-corrected chi connectivity index (χ2v) is 13.5. The second kappa shape index (κ2) is 14.2. The fourth-order valence-electron chi connectivity index (χ4n) is 2.54. The van der Waals surface area contributed by atoms with Crippen LogP contribution >= 0.6 is 16.9 Å². The van der Waals surface area contributed by atoms with Gasteiger partial charge in [0.25, 0.3) is 0 Å². The minimum absolute atomic E-state index is 0.160. The Bertz CT molecular complexity index is 562. The van der Waals surface area contributed by atoms with E-state index in [1.54, 1.807) is 13.8 Å². The topological polar surface area (TPSA) is 76.2 Å². The first kappa shape index (κ1) is 27.2. The van der Waals surface area contributed by atoms with Crippen LogP contribution in [0.4, 0.5) is 4.79 Å². The molecule has 0 heterocycles. The van der Waals surface area contributed by atoms with Crippen LogP contribution in [-0.2, 0) is 30.9 Å². The van der Waals surface area contributed by atoms with Crippen molar-refractivity contribution in [3.63, 3.8) is 0 Å². The second-order valence-electron chi connectivity index (χ2n) is 6.12. The van der Waals surface area contributed by atoms with Crippen LogP contribution in [0.1, 0.15) is 67.2 Å². The van der Waals surface area contributed by atoms with E-state index in [1.807, 2.05) is 20.8 Å². The third kappa shape index (κ3) is 8.29. The van der Waals surface area contributed by atoms with Gasteiger partial charge < -0.3 is 9.47 Å². The van der Waals surface area contributed by atoms with Crippen molar-refractivity contribution in [2.45, 2.75) is 72.5 Å². The zero-order valence-electron chi connectivity index (χ0n) is 17.9. The van der Waals surface area contributed by atoms with Gasteiger partial charge in [0.1, 0.15) is 6.42 Å². The summed E-state index contributed by atoms with van der Waals surface area (Å²) in [4.78, 5) is 37.4. The molecule has 0 aromatic heterocycles. The zero-order valence-corrected chi connectivity index (χ0v) is 20.5. The molecule has 0 saturated heterocycles. The molecule has 0 spiro atoms. The monoisotopic (exact) mass is 454 g/mol. The van der Waals surface area contributed by atoms with Crippen LogP contribution in [0.2, 0.25) is 0 Å². The normalized spacial score (nSPS) is 13.9. The molecule has 10 heteroatoms. The largest absolute Gasteiger partial charge is 0.466 e. The number of rotatable bonds is 13. The van der Waals surface area contributed by atoms with Crippen molar-refractivity contribution in [3.8, 4) is 0 Å². The van der Waals surface area contributed by atoms with Gasteiger partial charge in [-0.1, -0.05) is 38.6 Å². The number of carbonyl (C=O) groups excluding carboxylic acids is 3. The summed E-state index contributed by atoms with van der Waals surface area (Å²) in [5.74, 6) is -1.00. The zero-order chi connectivity index (χ0) is 21.7.